The van der Waals surface area contributed by atoms with Gasteiger partial charge in [-0.05, 0) is 18.2 Å². The van der Waals surface area contributed by atoms with E-state index in [0.29, 0.717) is 24.4 Å². The minimum atomic E-state index is -0.0354. The summed E-state index contributed by atoms with van der Waals surface area (Å²) in [6.45, 7) is 4.81. The minimum absolute atomic E-state index is 0.0354. The van der Waals surface area contributed by atoms with Gasteiger partial charge in [0.1, 0.15) is 11.9 Å². The van der Waals surface area contributed by atoms with Gasteiger partial charge < -0.3 is 9.64 Å². The van der Waals surface area contributed by atoms with Crippen molar-refractivity contribution in [3.05, 3.63) is 42.5 Å². The quantitative estimate of drug-likeness (QED) is 0.614. The lowest BCUT2D eigenvalue weighted by Crippen LogP contribution is -2.41. The molecular weight excluding hydrogens is 242 g/mol. The van der Waals surface area contributed by atoms with E-state index in [1.165, 1.54) is 6.08 Å². The molecule has 1 aromatic rings. The third-order valence-electron chi connectivity index (χ3n) is 3.27. The van der Waals surface area contributed by atoms with Gasteiger partial charge in [0, 0.05) is 25.9 Å². The summed E-state index contributed by atoms with van der Waals surface area (Å²) >= 11 is 0. The maximum absolute atomic E-state index is 11.5. The Hall–Kier alpha value is -2.10. The zero-order valence-corrected chi connectivity index (χ0v) is 10.7. The summed E-state index contributed by atoms with van der Waals surface area (Å²) in [4.78, 5) is 24.1. The van der Waals surface area contributed by atoms with Crippen LogP contribution >= 0.6 is 0 Å². The van der Waals surface area contributed by atoms with E-state index in [2.05, 4.69) is 6.58 Å². The van der Waals surface area contributed by atoms with E-state index >= 15 is 0 Å². The fourth-order valence-electron chi connectivity index (χ4n) is 2.19. The average Bonchev–Trinajstić information content (AvgIpc) is 2.48. The number of amides is 1. The molecule has 0 N–H and O–H groups in total. The van der Waals surface area contributed by atoms with Crippen molar-refractivity contribution in [3.8, 4) is 5.75 Å². The van der Waals surface area contributed by atoms with Gasteiger partial charge in [-0.2, -0.15) is 0 Å². The van der Waals surface area contributed by atoms with Crippen LogP contribution in [-0.2, 0) is 4.79 Å². The first-order chi connectivity index (χ1) is 9.24. The number of piperidine rings is 1. The van der Waals surface area contributed by atoms with Gasteiger partial charge in [0.05, 0.1) is 5.56 Å². The molecular formula is C15H17NO3. The van der Waals surface area contributed by atoms with Crippen LogP contribution in [0.3, 0.4) is 0 Å². The molecule has 19 heavy (non-hydrogen) atoms. The van der Waals surface area contributed by atoms with Gasteiger partial charge in [-0.1, -0.05) is 18.7 Å². The molecule has 100 valence electrons. The number of hydrogen-bond donors (Lipinski definition) is 0. The first-order valence-electron chi connectivity index (χ1n) is 6.37. The summed E-state index contributed by atoms with van der Waals surface area (Å²) < 4.78 is 5.84. The van der Waals surface area contributed by atoms with Crippen molar-refractivity contribution in [1.29, 1.82) is 0 Å². The highest BCUT2D eigenvalue weighted by Gasteiger charge is 2.23. The fraction of sp³-hybridized carbons (Fsp3) is 0.333. The normalized spacial score (nSPS) is 15.9. The van der Waals surface area contributed by atoms with Crippen LogP contribution in [0.5, 0.6) is 5.75 Å². The minimum Gasteiger partial charge on any atom is -0.490 e. The molecule has 0 radical (unpaired) electrons. The van der Waals surface area contributed by atoms with Crippen LogP contribution in [0.25, 0.3) is 0 Å². The zero-order valence-electron chi connectivity index (χ0n) is 10.7. The predicted molar refractivity (Wildman–Crippen MR) is 72.3 cm³/mol. The third-order valence-corrected chi connectivity index (χ3v) is 3.27. The Morgan fingerprint density at radius 1 is 1.32 bits per heavy atom. The molecule has 1 aliphatic rings. The summed E-state index contributed by atoms with van der Waals surface area (Å²) in [5, 5.41) is 0. The fourth-order valence-corrected chi connectivity index (χ4v) is 2.19. The van der Waals surface area contributed by atoms with Gasteiger partial charge in [0.2, 0.25) is 5.91 Å². The van der Waals surface area contributed by atoms with Crippen LogP contribution in [0.2, 0.25) is 0 Å². The molecule has 1 saturated heterocycles. The van der Waals surface area contributed by atoms with Gasteiger partial charge in [-0.3, -0.25) is 9.59 Å². The van der Waals surface area contributed by atoms with Gasteiger partial charge >= 0.3 is 0 Å². The second kappa shape index (κ2) is 6.18. The highest BCUT2D eigenvalue weighted by molar-refractivity contribution is 5.87. The number of likely N-dealkylation sites (tertiary alicyclic amines) is 1. The average molecular weight is 259 g/mol. The van der Waals surface area contributed by atoms with Crippen molar-refractivity contribution in [2.24, 2.45) is 0 Å². The summed E-state index contributed by atoms with van der Waals surface area (Å²) in [6.07, 6.45) is 3.73. The smallest absolute Gasteiger partial charge is 0.245 e. The highest BCUT2D eigenvalue weighted by Crippen LogP contribution is 2.22. The Balaban J connectivity index is 1.94. The van der Waals surface area contributed by atoms with E-state index in [0.717, 1.165) is 19.1 Å². The molecule has 0 aliphatic carbocycles. The lowest BCUT2D eigenvalue weighted by molar-refractivity contribution is -0.127. The van der Waals surface area contributed by atoms with Gasteiger partial charge in [-0.25, -0.2) is 0 Å². The molecule has 2 rings (SSSR count). The molecule has 1 aromatic carbocycles. The van der Waals surface area contributed by atoms with E-state index < -0.39 is 0 Å². The number of carbonyl (C=O) groups excluding carboxylic acids is 2. The van der Waals surface area contributed by atoms with Crippen molar-refractivity contribution in [1.82, 2.24) is 4.90 Å². The van der Waals surface area contributed by atoms with Gasteiger partial charge in [0.15, 0.2) is 6.29 Å². The largest absolute Gasteiger partial charge is 0.490 e. The number of hydrogen-bond acceptors (Lipinski definition) is 3. The standard InChI is InChI=1S/C15H17NO3/c1-2-15(18)16-9-7-13(8-10-16)19-14-6-4-3-5-12(14)11-17/h2-6,11,13H,1,7-10H2. The molecule has 1 aliphatic heterocycles. The van der Waals surface area contributed by atoms with Crippen LogP contribution < -0.4 is 4.74 Å². The van der Waals surface area contributed by atoms with E-state index in [9.17, 15) is 9.59 Å². The second-order valence-corrected chi connectivity index (χ2v) is 4.50. The number of benzene rings is 1. The van der Waals surface area contributed by atoms with Crippen molar-refractivity contribution in [3.63, 3.8) is 0 Å². The summed E-state index contributed by atoms with van der Waals surface area (Å²) in [7, 11) is 0. The first kappa shape index (κ1) is 13.3. The van der Waals surface area contributed by atoms with E-state index in [4.69, 9.17) is 4.74 Å². The molecule has 0 atom stereocenters. The Labute approximate surface area is 112 Å². The number of aldehydes is 1. The monoisotopic (exact) mass is 259 g/mol. The molecule has 1 fully saturated rings. The lowest BCUT2D eigenvalue weighted by atomic mass is 10.1. The van der Waals surface area contributed by atoms with Crippen LogP contribution in [0.4, 0.5) is 0 Å². The van der Waals surface area contributed by atoms with Crippen LogP contribution in [0, 0.1) is 0 Å². The molecule has 1 amide bonds. The summed E-state index contributed by atoms with van der Waals surface area (Å²) in [5.41, 5.74) is 0.562. The van der Waals surface area contributed by atoms with E-state index in [1.54, 1.807) is 17.0 Å². The predicted octanol–water partition coefficient (Wildman–Crippen LogP) is 2.05. The van der Waals surface area contributed by atoms with E-state index in [1.807, 2.05) is 12.1 Å². The maximum atomic E-state index is 11.5. The third kappa shape index (κ3) is 3.22. The van der Waals surface area contributed by atoms with Crippen molar-refractivity contribution >= 4 is 12.2 Å². The maximum Gasteiger partial charge on any atom is 0.245 e. The van der Waals surface area contributed by atoms with Gasteiger partial charge in [-0.15, -0.1) is 0 Å². The lowest BCUT2D eigenvalue weighted by Gasteiger charge is -2.31. The molecule has 0 unspecified atom stereocenters. The number of para-hydroxylation sites is 1. The molecule has 0 spiro atoms. The molecule has 0 saturated carbocycles. The van der Waals surface area contributed by atoms with Crippen molar-refractivity contribution < 1.29 is 14.3 Å². The Morgan fingerprint density at radius 3 is 2.63 bits per heavy atom. The van der Waals surface area contributed by atoms with Crippen LogP contribution in [-0.4, -0.2) is 36.3 Å². The number of carbonyl (C=O) groups is 2. The van der Waals surface area contributed by atoms with Gasteiger partial charge in [0.25, 0.3) is 0 Å². The molecule has 0 aromatic heterocycles. The molecule has 4 nitrogen and oxygen atoms in total. The first-order valence-corrected chi connectivity index (χ1v) is 6.37. The van der Waals surface area contributed by atoms with E-state index in [-0.39, 0.29) is 12.0 Å². The molecule has 0 bridgehead atoms. The molecule has 4 heteroatoms. The summed E-state index contributed by atoms with van der Waals surface area (Å²) in [6, 6.07) is 7.18. The van der Waals surface area contributed by atoms with Crippen LogP contribution in [0.15, 0.2) is 36.9 Å². The highest BCUT2D eigenvalue weighted by atomic mass is 16.5. The second-order valence-electron chi connectivity index (χ2n) is 4.50. The number of ether oxygens (including phenoxy) is 1. The topological polar surface area (TPSA) is 46.6 Å². The zero-order chi connectivity index (χ0) is 13.7. The Bertz CT molecular complexity index is 476. The van der Waals surface area contributed by atoms with Crippen molar-refractivity contribution in [2.75, 3.05) is 13.1 Å². The Kier molecular flexibility index (Phi) is 4.34. The Morgan fingerprint density at radius 2 is 2.00 bits per heavy atom. The summed E-state index contributed by atoms with van der Waals surface area (Å²) in [5.74, 6) is 0.581. The van der Waals surface area contributed by atoms with Crippen molar-refractivity contribution in [2.45, 2.75) is 18.9 Å². The SMILES string of the molecule is C=CC(=O)N1CCC(Oc2ccccc2C=O)CC1. The number of rotatable bonds is 4. The van der Waals surface area contributed by atoms with Crippen LogP contribution in [0.1, 0.15) is 23.2 Å². The number of nitrogens with zero attached hydrogens (tertiary/aromatic N) is 1. The molecule has 1 heterocycles.